The van der Waals surface area contributed by atoms with E-state index in [0.29, 0.717) is 6.61 Å². The summed E-state index contributed by atoms with van der Waals surface area (Å²) in [6, 6.07) is 3.01. The molecule has 0 amide bonds. The molecule has 0 aromatic heterocycles. The average molecular weight is 244 g/mol. The maximum Gasteiger partial charge on any atom is 0.188 e. The molecule has 0 radical (unpaired) electrons. The van der Waals surface area contributed by atoms with E-state index in [4.69, 9.17) is 9.47 Å². The van der Waals surface area contributed by atoms with Gasteiger partial charge in [0.05, 0.1) is 12.7 Å². The Morgan fingerprint density at radius 3 is 2.65 bits per heavy atom. The Morgan fingerprint density at radius 2 is 2.06 bits per heavy atom. The lowest BCUT2D eigenvalue weighted by molar-refractivity contribution is 0.0125. The number of ether oxygens (including phenoxy) is 2. The molecular formula is C12H14F2O3. The lowest BCUT2D eigenvalue weighted by atomic mass is 10.1. The summed E-state index contributed by atoms with van der Waals surface area (Å²) in [5.41, 5.74) is 0.0912. The predicted octanol–water partition coefficient (Wildman–Crippen LogP) is 2.20. The molecule has 0 N–H and O–H groups in total. The van der Waals surface area contributed by atoms with Gasteiger partial charge in [-0.25, -0.2) is 8.78 Å². The highest BCUT2D eigenvalue weighted by molar-refractivity contribution is 5.97. The molecule has 1 aromatic carbocycles. The van der Waals surface area contributed by atoms with Crippen LogP contribution in [-0.2, 0) is 9.47 Å². The van der Waals surface area contributed by atoms with E-state index >= 15 is 0 Å². The van der Waals surface area contributed by atoms with E-state index in [1.807, 2.05) is 0 Å². The second kappa shape index (κ2) is 6.42. The smallest absolute Gasteiger partial charge is 0.188 e. The maximum atomic E-state index is 12.9. The third-order valence-corrected chi connectivity index (χ3v) is 2.14. The Hall–Kier alpha value is -1.33. The highest BCUT2D eigenvalue weighted by atomic mass is 19.2. The largest absolute Gasteiger partial charge is 0.382 e. The second-order valence-electron chi connectivity index (χ2n) is 3.63. The third kappa shape index (κ3) is 4.20. The number of hydrogen-bond donors (Lipinski definition) is 0. The topological polar surface area (TPSA) is 35.5 Å². The van der Waals surface area contributed by atoms with Gasteiger partial charge in [-0.2, -0.15) is 0 Å². The number of carbonyl (C=O) groups excluding carboxylic acids is 1. The summed E-state index contributed by atoms with van der Waals surface area (Å²) in [7, 11) is 1.52. The Balaban J connectivity index is 2.55. The van der Waals surface area contributed by atoms with Gasteiger partial charge in [0, 0.05) is 12.7 Å². The monoisotopic (exact) mass is 244 g/mol. The molecule has 0 aliphatic heterocycles. The fraction of sp³-hybridized carbons (Fsp3) is 0.417. The van der Waals surface area contributed by atoms with Gasteiger partial charge in [0.15, 0.2) is 17.4 Å². The van der Waals surface area contributed by atoms with Crippen LogP contribution in [0, 0.1) is 11.6 Å². The molecule has 94 valence electrons. The average Bonchev–Trinajstić information content (AvgIpc) is 2.30. The quantitative estimate of drug-likeness (QED) is 0.720. The summed E-state index contributed by atoms with van der Waals surface area (Å²) >= 11 is 0. The van der Waals surface area contributed by atoms with Crippen LogP contribution in [0.1, 0.15) is 17.3 Å². The van der Waals surface area contributed by atoms with E-state index in [-0.39, 0.29) is 18.3 Å². The maximum absolute atomic E-state index is 12.9. The zero-order chi connectivity index (χ0) is 12.8. The Bertz CT molecular complexity index is 393. The molecular weight excluding hydrogens is 230 g/mol. The van der Waals surface area contributed by atoms with Crippen LogP contribution < -0.4 is 0 Å². The number of halogens is 2. The van der Waals surface area contributed by atoms with Crippen molar-refractivity contribution in [3.63, 3.8) is 0 Å². The molecule has 3 nitrogen and oxygen atoms in total. The van der Waals surface area contributed by atoms with Crippen LogP contribution in [-0.4, -0.2) is 32.2 Å². The van der Waals surface area contributed by atoms with Crippen molar-refractivity contribution in [2.24, 2.45) is 0 Å². The van der Waals surface area contributed by atoms with Crippen molar-refractivity contribution < 1.29 is 23.0 Å². The highest BCUT2D eigenvalue weighted by Gasteiger charge is 2.11. The molecule has 17 heavy (non-hydrogen) atoms. The van der Waals surface area contributed by atoms with Gasteiger partial charge in [0.2, 0.25) is 0 Å². The number of ketones is 1. The zero-order valence-electron chi connectivity index (χ0n) is 9.70. The van der Waals surface area contributed by atoms with E-state index in [2.05, 4.69) is 0 Å². The minimum atomic E-state index is -1.04. The first-order chi connectivity index (χ1) is 8.04. The molecule has 0 heterocycles. The Labute approximate surface area is 98.3 Å². The number of methoxy groups -OCH3 is 1. The van der Waals surface area contributed by atoms with Gasteiger partial charge in [-0.3, -0.25) is 4.79 Å². The van der Waals surface area contributed by atoms with Gasteiger partial charge in [-0.05, 0) is 25.1 Å². The van der Waals surface area contributed by atoms with Gasteiger partial charge < -0.3 is 9.47 Å². The van der Waals surface area contributed by atoms with Crippen LogP contribution in [0.2, 0.25) is 0 Å². The van der Waals surface area contributed by atoms with E-state index in [1.54, 1.807) is 6.92 Å². The molecule has 0 saturated carbocycles. The van der Waals surface area contributed by atoms with Crippen molar-refractivity contribution in [3.8, 4) is 0 Å². The number of benzene rings is 1. The molecule has 1 unspecified atom stereocenters. The zero-order valence-corrected chi connectivity index (χ0v) is 9.70. The number of carbonyl (C=O) groups is 1. The van der Waals surface area contributed by atoms with E-state index < -0.39 is 17.4 Å². The van der Waals surface area contributed by atoms with E-state index in [9.17, 15) is 13.6 Å². The molecule has 0 spiro atoms. The fourth-order valence-corrected chi connectivity index (χ4v) is 1.25. The van der Waals surface area contributed by atoms with Crippen LogP contribution in [0.4, 0.5) is 8.78 Å². The Morgan fingerprint density at radius 1 is 1.35 bits per heavy atom. The van der Waals surface area contributed by atoms with Crippen molar-refractivity contribution in [3.05, 3.63) is 35.4 Å². The SMILES string of the molecule is COCC(C)OCC(=O)c1ccc(F)c(F)c1. The van der Waals surface area contributed by atoms with Gasteiger partial charge >= 0.3 is 0 Å². The minimum Gasteiger partial charge on any atom is -0.382 e. The van der Waals surface area contributed by atoms with Gasteiger partial charge in [0.25, 0.3) is 0 Å². The van der Waals surface area contributed by atoms with Crippen LogP contribution in [0.3, 0.4) is 0 Å². The number of hydrogen-bond acceptors (Lipinski definition) is 3. The fourth-order valence-electron chi connectivity index (χ4n) is 1.25. The first-order valence-corrected chi connectivity index (χ1v) is 5.13. The molecule has 0 aliphatic rings. The first-order valence-electron chi connectivity index (χ1n) is 5.13. The van der Waals surface area contributed by atoms with Gasteiger partial charge in [-0.15, -0.1) is 0 Å². The number of rotatable bonds is 6. The van der Waals surface area contributed by atoms with Crippen molar-refractivity contribution in [2.45, 2.75) is 13.0 Å². The van der Waals surface area contributed by atoms with Crippen molar-refractivity contribution >= 4 is 5.78 Å². The molecule has 0 saturated heterocycles. The highest BCUT2D eigenvalue weighted by Crippen LogP contribution is 2.09. The lowest BCUT2D eigenvalue weighted by Gasteiger charge is -2.11. The van der Waals surface area contributed by atoms with Crippen molar-refractivity contribution in [1.82, 2.24) is 0 Å². The van der Waals surface area contributed by atoms with Gasteiger partial charge in [0.1, 0.15) is 6.61 Å². The summed E-state index contributed by atoms with van der Waals surface area (Å²) in [6.45, 7) is 1.93. The van der Waals surface area contributed by atoms with Crippen molar-refractivity contribution in [2.75, 3.05) is 20.3 Å². The second-order valence-corrected chi connectivity index (χ2v) is 3.63. The molecule has 0 bridgehead atoms. The molecule has 1 atom stereocenters. The molecule has 1 rings (SSSR count). The summed E-state index contributed by atoms with van der Waals surface area (Å²) in [4.78, 5) is 11.6. The predicted molar refractivity (Wildman–Crippen MR) is 58.0 cm³/mol. The van der Waals surface area contributed by atoms with Crippen LogP contribution in [0.5, 0.6) is 0 Å². The Kier molecular flexibility index (Phi) is 5.18. The summed E-state index contributed by atoms with van der Waals surface area (Å²) < 4.78 is 35.5. The summed E-state index contributed by atoms with van der Waals surface area (Å²) in [5.74, 6) is -2.41. The van der Waals surface area contributed by atoms with Gasteiger partial charge in [-0.1, -0.05) is 0 Å². The van der Waals surface area contributed by atoms with Crippen LogP contribution in [0.15, 0.2) is 18.2 Å². The normalized spacial score (nSPS) is 12.5. The van der Waals surface area contributed by atoms with Crippen LogP contribution in [0.25, 0.3) is 0 Å². The first kappa shape index (κ1) is 13.7. The number of Topliss-reactive ketones (excluding diaryl/α,β-unsaturated/α-hetero) is 1. The van der Waals surface area contributed by atoms with Crippen molar-refractivity contribution in [1.29, 1.82) is 0 Å². The third-order valence-electron chi connectivity index (χ3n) is 2.14. The van der Waals surface area contributed by atoms with Crippen LogP contribution >= 0.6 is 0 Å². The van der Waals surface area contributed by atoms with E-state index in [0.717, 1.165) is 12.1 Å². The minimum absolute atomic E-state index is 0.0912. The summed E-state index contributed by atoms with van der Waals surface area (Å²) in [6.07, 6.45) is -0.228. The lowest BCUT2D eigenvalue weighted by Crippen LogP contribution is -2.20. The molecule has 1 aromatic rings. The van der Waals surface area contributed by atoms with E-state index in [1.165, 1.54) is 13.2 Å². The standard InChI is InChI=1S/C12H14F2O3/c1-8(6-16-2)17-7-12(15)9-3-4-10(13)11(14)5-9/h3-5,8H,6-7H2,1-2H3. The molecule has 0 fully saturated rings. The summed E-state index contributed by atoms with van der Waals surface area (Å²) in [5, 5.41) is 0. The molecule has 5 heteroatoms. The molecule has 0 aliphatic carbocycles.